The van der Waals surface area contributed by atoms with E-state index in [2.05, 4.69) is 4.98 Å². The van der Waals surface area contributed by atoms with E-state index in [4.69, 9.17) is 5.11 Å². The molecule has 8 nitrogen and oxygen atoms in total. The molecule has 0 spiro atoms. The van der Waals surface area contributed by atoms with Crippen molar-refractivity contribution >= 4 is 23.4 Å². The van der Waals surface area contributed by atoms with Gasteiger partial charge in [0.1, 0.15) is 11.3 Å². The number of imidazole rings is 1. The zero-order valence-electron chi connectivity index (χ0n) is 14.9. The first-order valence-corrected chi connectivity index (χ1v) is 8.56. The highest BCUT2D eigenvalue weighted by molar-refractivity contribution is 5.95. The van der Waals surface area contributed by atoms with Gasteiger partial charge < -0.3 is 19.3 Å². The third-order valence-corrected chi connectivity index (χ3v) is 4.75. The normalized spacial score (nSPS) is 15.2. The molecule has 1 aliphatic heterocycles. The summed E-state index contributed by atoms with van der Waals surface area (Å²) in [6, 6.07) is 3.81. The fraction of sp³-hybridized carbons (Fsp3) is 0.444. The van der Waals surface area contributed by atoms with Crippen LogP contribution in [0.15, 0.2) is 24.5 Å². The Morgan fingerprint density at radius 1 is 1.31 bits per heavy atom. The molecule has 0 unspecified atom stereocenters. The number of hydrogen-bond acceptors (Lipinski definition) is 4. The first-order chi connectivity index (χ1) is 12.3. The number of aryl methyl sites for hydroxylation is 1. The molecule has 0 radical (unpaired) electrons. The van der Waals surface area contributed by atoms with Crippen LogP contribution in [0.1, 0.15) is 28.9 Å². The van der Waals surface area contributed by atoms with Gasteiger partial charge in [-0.3, -0.25) is 14.4 Å². The molecule has 1 aliphatic rings. The topological polar surface area (TPSA) is 95.2 Å². The number of aromatic nitrogens is 2. The average molecular weight is 358 g/mol. The van der Waals surface area contributed by atoms with E-state index in [0.29, 0.717) is 31.6 Å². The molecule has 0 aromatic carbocycles. The number of aliphatic carboxylic acids is 1. The first kappa shape index (κ1) is 17.9. The molecule has 3 heterocycles. The van der Waals surface area contributed by atoms with E-state index >= 15 is 0 Å². The number of nitrogens with zero attached hydrogens (tertiary/aromatic N) is 4. The van der Waals surface area contributed by atoms with Crippen LogP contribution in [0.5, 0.6) is 0 Å². The van der Waals surface area contributed by atoms with Crippen molar-refractivity contribution in [3.63, 3.8) is 0 Å². The van der Waals surface area contributed by atoms with E-state index in [1.807, 2.05) is 25.3 Å². The maximum Gasteiger partial charge on any atom is 0.306 e. The third-order valence-electron chi connectivity index (χ3n) is 4.75. The number of rotatable bonds is 4. The number of carbonyl (C=O) groups is 3. The largest absolute Gasteiger partial charge is 0.481 e. The minimum Gasteiger partial charge on any atom is -0.481 e. The van der Waals surface area contributed by atoms with Crippen LogP contribution in [0.4, 0.5) is 0 Å². The van der Waals surface area contributed by atoms with Crippen LogP contribution in [0.25, 0.3) is 5.65 Å². The van der Waals surface area contributed by atoms with Crippen molar-refractivity contribution in [2.45, 2.75) is 19.8 Å². The lowest BCUT2D eigenvalue weighted by atomic mass is 9.97. The summed E-state index contributed by atoms with van der Waals surface area (Å²) in [5, 5.41) is 9.02. The molecule has 138 valence electrons. The number of carbonyl (C=O) groups excluding carboxylic acids is 2. The summed E-state index contributed by atoms with van der Waals surface area (Å²) in [4.78, 5) is 43.2. The maximum atomic E-state index is 12.6. The van der Waals surface area contributed by atoms with E-state index in [-0.39, 0.29) is 30.0 Å². The molecule has 1 N–H and O–H groups in total. The first-order valence-electron chi connectivity index (χ1n) is 8.56. The number of carboxylic acids is 1. The lowest BCUT2D eigenvalue weighted by Crippen LogP contribution is -2.45. The minimum absolute atomic E-state index is 0.0521. The zero-order chi connectivity index (χ0) is 18.8. The van der Waals surface area contributed by atoms with Crippen molar-refractivity contribution in [3.8, 4) is 0 Å². The lowest BCUT2D eigenvalue weighted by Gasteiger charge is -2.31. The lowest BCUT2D eigenvalue weighted by molar-refractivity contribution is -0.145. The van der Waals surface area contributed by atoms with Gasteiger partial charge in [0.25, 0.3) is 5.91 Å². The molecule has 0 bridgehead atoms. The Balaban J connectivity index is 1.61. The van der Waals surface area contributed by atoms with E-state index in [0.717, 1.165) is 5.56 Å². The highest BCUT2D eigenvalue weighted by Gasteiger charge is 2.28. The van der Waals surface area contributed by atoms with E-state index in [1.54, 1.807) is 22.5 Å². The number of carboxylic acid groups (broad SMARTS) is 1. The molecule has 1 fully saturated rings. The van der Waals surface area contributed by atoms with Gasteiger partial charge >= 0.3 is 5.97 Å². The Morgan fingerprint density at radius 3 is 2.65 bits per heavy atom. The van der Waals surface area contributed by atoms with Crippen LogP contribution in [-0.4, -0.2) is 68.8 Å². The zero-order valence-corrected chi connectivity index (χ0v) is 14.9. The van der Waals surface area contributed by atoms with Gasteiger partial charge in [-0.1, -0.05) is 0 Å². The fourth-order valence-electron chi connectivity index (χ4n) is 3.13. The van der Waals surface area contributed by atoms with E-state index in [9.17, 15) is 14.4 Å². The molecule has 2 amide bonds. The molecule has 26 heavy (non-hydrogen) atoms. The van der Waals surface area contributed by atoms with Crippen molar-refractivity contribution in [3.05, 3.63) is 35.8 Å². The fourth-order valence-corrected chi connectivity index (χ4v) is 3.13. The van der Waals surface area contributed by atoms with Crippen LogP contribution >= 0.6 is 0 Å². The monoisotopic (exact) mass is 358 g/mol. The molecule has 1 saturated heterocycles. The van der Waals surface area contributed by atoms with Crippen molar-refractivity contribution in [2.24, 2.45) is 5.92 Å². The molecule has 0 aliphatic carbocycles. The summed E-state index contributed by atoms with van der Waals surface area (Å²) in [6.45, 7) is 2.72. The maximum absolute atomic E-state index is 12.6. The number of likely N-dealkylation sites (tertiary alicyclic amines) is 1. The number of pyridine rings is 1. The molecular formula is C18H22N4O4. The van der Waals surface area contributed by atoms with Crippen LogP contribution < -0.4 is 0 Å². The Bertz CT molecular complexity index is 852. The standard InChI is InChI=1S/C18H22N4O4/c1-12-3-6-22-10-14(19-15(22)9-12)17(24)20(2)11-16(23)21-7-4-13(5-8-21)18(25)26/h3,6,9-10,13H,4-5,7-8,11H2,1-2H3,(H,25,26). The quantitative estimate of drug-likeness (QED) is 0.881. The summed E-state index contributed by atoms with van der Waals surface area (Å²) in [6.07, 6.45) is 4.39. The molecule has 0 atom stereocenters. The van der Waals surface area contributed by atoms with Gasteiger partial charge in [0.15, 0.2) is 0 Å². The van der Waals surface area contributed by atoms with Gasteiger partial charge in [0, 0.05) is 32.5 Å². The smallest absolute Gasteiger partial charge is 0.306 e. The number of hydrogen-bond donors (Lipinski definition) is 1. The van der Waals surface area contributed by atoms with Crippen LogP contribution in [-0.2, 0) is 9.59 Å². The summed E-state index contributed by atoms with van der Waals surface area (Å²) in [7, 11) is 1.57. The SMILES string of the molecule is Cc1ccn2cc(C(=O)N(C)CC(=O)N3CCC(C(=O)O)CC3)nc2c1. The van der Waals surface area contributed by atoms with Gasteiger partial charge in [0.05, 0.1) is 12.5 Å². The summed E-state index contributed by atoms with van der Waals surface area (Å²) < 4.78 is 1.77. The summed E-state index contributed by atoms with van der Waals surface area (Å²) in [5.41, 5.74) is 2.02. The van der Waals surface area contributed by atoms with Gasteiger partial charge in [-0.15, -0.1) is 0 Å². The molecule has 0 saturated carbocycles. The van der Waals surface area contributed by atoms with Crippen LogP contribution in [0.2, 0.25) is 0 Å². The minimum atomic E-state index is -0.813. The van der Waals surface area contributed by atoms with E-state index < -0.39 is 5.97 Å². The predicted octanol–water partition coefficient (Wildman–Crippen LogP) is 1.04. The van der Waals surface area contributed by atoms with Gasteiger partial charge in [-0.05, 0) is 37.5 Å². The molecule has 2 aromatic rings. The van der Waals surface area contributed by atoms with Gasteiger partial charge in [-0.2, -0.15) is 0 Å². The van der Waals surface area contributed by atoms with Crippen LogP contribution in [0, 0.1) is 12.8 Å². The molecule has 2 aromatic heterocycles. The van der Waals surface area contributed by atoms with Crippen molar-refractivity contribution in [1.82, 2.24) is 19.2 Å². The van der Waals surface area contributed by atoms with Crippen molar-refractivity contribution in [1.29, 1.82) is 0 Å². The second-order valence-electron chi connectivity index (χ2n) is 6.75. The predicted molar refractivity (Wildman–Crippen MR) is 93.8 cm³/mol. The second-order valence-corrected chi connectivity index (χ2v) is 6.75. The van der Waals surface area contributed by atoms with E-state index in [1.165, 1.54) is 4.90 Å². The number of piperidine rings is 1. The average Bonchev–Trinajstić information content (AvgIpc) is 3.04. The van der Waals surface area contributed by atoms with Gasteiger partial charge in [-0.25, -0.2) is 4.98 Å². The van der Waals surface area contributed by atoms with Crippen molar-refractivity contribution < 1.29 is 19.5 Å². The van der Waals surface area contributed by atoms with Crippen molar-refractivity contribution in [2.75, 3.05) is 26.7 Å². The summed E-state index contributed by atoms with van der Waals surface area (Å²) >= 11 is 0. The number of likely N-dealkylation sites (N-methyl/N-ethyl adjacent to an activating group) is 1. The Kier molecular flexibility index (Phi) is 4.92. The molecule has 3 rings (SSSR count). The Labute approximate surface area is 151 Å². The van der Waals surface area contributed by atoms with Gasteiger partial charge in [0.2, 0.25) is 5.91 Å². The second kappa shape index (κ2) is 7.15. The number of fused-ring (bicyclic) bond motifs is 1. The highest BCUT2D eigenvalue weighted by atomic mass is 16.4. The number of amides is 2. The Morgan fingerprint density at radius 2 is 2.00 bits per heavy atom. The molecule has 8 heteroatoms. The summed E-state index contributed by atoms with van der Waals surface area (Å²) in [5.74, 6) is -1.70. The third kappa shape index (κ3) is 3.68. The highest BCUT2D eigenvalue weighted by Crippen LogP contribution is 2.17. The molecular weight excluding hydrogens is 336 g/mol. The Hall–Kier alpha value is -2.90. The van der Waals surface area contributed by atoms with Crippen LogP contribution in [0.3, 0.4) is 0 Å².